The minimum Gasteiger partial charge on any atom is -0.480 e. The predicted molar refractivity (Wildman–Crippen MR) is 67.5 cm³/mol. The van der Waals surface area contributed by atoms with Gasteiger partial charge >= 0.3 is 11.7 Å². The third-order valence-corrected chi connectivity index (χ3v) is 2.44. The zero-order chi connectivity index (χ0) is 14.4. The Bertz CT molecular complexity index is 510. The van der Waals surface area contributed by atoms with Gasteiger partial charge in [0.2, 0.25) is 5.91 Å². The monoisotopic (exact) mass is 267 g/mol. The topological polar surface area (TPSA) is 101 Å². The third-order valence-electron chi connectivity index (χ3n) is 2.44. The zero-order valence-electron chi connectivity index (χ0n) is 10.9. The summed E-state index contributed by atoms with van der Waals surface area (Å²) in [6, 6.07) is 0.581. The van der Waals surface area contributed by atoms with E-state index in [9.17, 15) is 14.4 Å². The molecule has 7 nitrogen and oxygen atoms in total. The van der Waals surface area contributed by atoms with Crippen molar-refractivity contribution in [3.8, 4) is 0 Å². The first kappa shape index (κ1) is 14.9. The molecular weight excluding hydrogens is 250 g/mol. The van der Waals surface area contributed by atoms with Crippen LogP contribution in [-0.4, -0.2) is 32.6 Å². The fourth-order valence-corrected chi connectivity index (χ4v) is 1.60. The van der Waals surface area contributed by atoms with Gasteiger partial charge in [-0.15, -0.1) is 0 Å². The van der Waals surface area contributed by atoms with Crippen LogP contribution in [0, 0.1) is 5.92 Å². The van der Waals surface area contributed by atoms with Gasteiger partial charge in [-0.1, -0.05) is 13.8 Å². The van der Waals surface area contributed by atoms with Gasteiger partial charge < -0.3 is 10.4 Å². The number of carboxylic acids is 1. The van der Waals surface area contributed by atoms with Crippen molar-refractivity contribution in [3.63, 3.8) is 0 Å². The molecule has 0 spiro atoms. The minimum absolute atomic E-state index is 0.141. The van der Waals surface area contributed by atoms with Crippen LogP contribution < -0.4 is 11.0 Å². The van der Waals surface area contributed by atoms with Gasteiger partial charge in [-0.25, -0.2) is 14.6 Å². The van der Waals surface area contributed by atoms with Crippen LogP contribution in [0.1, 0.15) is 20.3 Å². The van der Waals surface area contributed by atoms with E-state index >= 15 is 0 Å². The molecule has 1 atom stereocenters. The second-order valence-corrected chi connectivity index (χ2v) is 4.62. The fourth-order valence-electron chi connectivity index (χ4n) is 1.60. The zero-order valence-corrected chi connectivity index (χ0v) is 10.9. The van der Waals surface area contributed by atoms with Gasteiger partial charge in [0.25, 0.3) is 0 Å². The molecule has 1 aromatic rings. The van der Waals surface area contributed by atoms with Crippen molar-refractivity contribution in [2.24, 2.45) is 5.92 Å². The fraction of sp³-hybridized carbons (Fsp3) is 0.500. The van der Waals surface area contributed by atoms with Gasteiger partial charge in [0.05, 0.1) is 0 Å². The highest BCUT2D eigenvalue weighted by molar-refractivity contribution is 5.83. The predicted octanol–water partition coefficient (Wildman–Crippen LogP) is -0.141. The molecule has 0 bridgehead atoms. The Morgan fingerprint density at radius 1 is 1.47 bits per heavy atom. The number of nitrogens with one attached hydrogen (secondary N) is 1. The van der Waals surface area contributed by atoms with Crippen molar-refractivity contribution >= 4 is 11.9 Å². The van der Waals surface area contributed by atoms with Crippen molar-refractivity contribution in [2.45, 2.75) is 32.9 Å². The third kappa shape index (κ3) is 4.90. The maximum absolute atomic E-state index is 11.7. The lowest BCUT2D eigenvalue weighted by molar-refractivity contribution is -0.142. The summed E-state index contributed by atoms with van der Waals surface area (Å²) in [5, 5.41) is 11.4. The standard InChI is InChI=1S/C12H17N3O4/c1-8(2)6-9(11(17)18)14-10(16)7-15-5-3-4-13-12(15)19/h3-5,8-9H,6-7H2,1-2H3,(H,14,16)(H,17,18). The van der Waals surface area contributed by atoms with E-state index in [-0.39, 0.29) is 12.5 Å². The van der Waals surface area contributed by atoms with Crippen molar-refractivity contribution in [1.29, 1.82) is 0 Å². The summed E-state index contributed by atoms with van der Waals surface area (Å²) >= 11 is 0. The lowest BCUT2D eigenvalue weighted by Crippen LogP contribution is -2.44. The number of amides is 1. The smallest absolute Gasteiger partial charge is 0.347 e. The summed E-state index contributed by atoms with van der Waals surface area (Å²) in [6.07, 6.45) is 3.09. The Morgan fingerprint density at radius 3 is 2.68 bits per heavy atom. The molecule has 1 unspecified atom stereocenters. The number of hydrogen-bond acceptors (Lipinski definition) is 4. The quantitative estimate of drug-likeness (QED) is 0.747. The van der Waals surface area contributed by atoms with E-state index in [0.717, 1.165) is 4.57 Å². The van der Waals surface area contributed by atoms with Crippen LogP contribution in [0.5, 0.6) is 0 Å². The van der Waals surface area contributed by atoms with Crippen LogP contribution in [0.25, 0.3) is 0 Å². The van der Waals surface area contributed by atoms with Crippen LogP contribution in [0.4, 0.5) is 0 Å². The van der Waals surface area contributed by atoms with E-state index in [4.69, 9.17) is 5.11 Å². The SMILES string of the molecule is CC(C)CC(NC(=O)Cn1cccnc1=O)C(=O)O. The average Bonchev–Trinajstić information content (AvgIpc) is 2.30. The second-order valence-electron chi connectivity index (χ2n) is 4.62. The van der Waals surface area contributed by atoms with Gasteiger partial charge in [0, 0.05) is 12.4 Å². The van der Waals surface area contributed by atoms with Gasteiger partial charge in [0.15, 0.2) is 0 Å². The average molecular weight is 267 g/mol. The normalized spacial score (nSPS) is 12.2. The van der Waals surface area contributed by atoms with Crippen LogP contribution >= 0.6 is 0 Å². The van der Waals surface area contributed by atoms with Gasteiger partial charge in [0.1, 0.15) is 12.6 Å². The molecule has 0 saturated heterocycles. The molecule has 0 aromatic carbocycles. The van der Waals surface area contributed by atoms with E-state index in [1.807, 2.05) is 13.8 Å². The van der Waals surface area contributed by atoms with Crippen LogP contribution in [0.15, 0.2) is 23.3 Å². The molecule has 0 aliphatic heterocycles. The van der Waals surface area contributed by atoms with Gasteiger partial charge in [-0.3, -0.25) is 9.36 Å². The van der Waals surface area contributed by atoms with E-state index in [1.165, 1.54) is 18.5 Å². The molecule has 0 fully saturated rings. The Labute approximate surface area is 110 Å². The first-order valence-electron chi connectivity index (χ1n) is 5.93. The van der Waals surface area contributed by atoms with Gasteiger partial charge in [-0.05, 0) is 18.4 Å². The van der Waals surface area contributed by atoms with Crippen LogP contribution in [0.2, 0.25) is 0 Å². The van der Waals surface area contributed by atoms with Crippen molar-refractivity contribution < 1.29 is 14.7 Å². The molecular formula is C12H17N3O4. The summed E-state index contributed by atoms with van der Waals surface area (Å²) in [4.78, 5) is 37.5. The number of nitrogens with zero attached hydrogens (tertiary/aromatic N) is 2. The highest BCUT2D eigenvalue weighted by Gasteiger charge is 2.21. The molecule has 7 heteroatoms. The first-order chi connectivity index (χ1) is 8.90. The number of aromatic nitrogens is 2. The van der Waals surface area contributed by atoms with Crippen molar-refractivity contribution in [2.75, 3.05) is 0 Å². The number of carbonyl (C=O) groups excluding carboxylic acids is 1. The molecule has 1 heterocycles. The largest absolute Gasteiger partial charge is 0.480 e. The Hall–Kier alpha value is -2.18. The Balaban J connectivity index is 2.66. The lowest BCUT2D eigenvalue weighted by atomic mass is 10.0. The number of hydrogen-bond donors (Lipinski definition) is 2. The molecule has 1 aromatic heterocycles. The van der Waals surface area contributed by atoms with Crippen LogP contribution in [-0.2, 0) is 16.1 Å². The molecule has 0 saturated carbocycles. The number of aliphatic carboxylic acids is 1. The minimum atomic E-state index is -1.08. The molecule has 19 heavy (non-hydrogen) atoms. The van der Waals surface area contributed by atoms with Crippen LogP contribution in [0.3, 0.4) is 0 Å². The maximum atomic E-state index is 11.7. The summed E-state index contributed by atoms with van der Waals surface area (Å²) in [7, 11) is 0. The Morgan fingerprint density at radius 2 is 2.16 bits per heavy atom. The number of carboxylic acid groups (broad SMARTS) is 1. The molecule has 1 amide bonds. The van der Waals surface area contributed by atoms with Gasteiger partial charge in [-0.2, -0.15) is 0 Å². The summed E-state index contributed by atoms with van der Waals surface area (Å²) in [5.74, 6) is -1.47. The van der Waals surface area contributed by atoms with Crippen molar-refractivity contribution in [1.82, 2.24) is 14.9 Å². The molecule has 1 rings (SSSR count). The first-order valence-corrected chi connectivity index (χ1v) is 5.93. The highest BCUT2D eigenvalue weighted by atomic mass is 16.4. The molecule has 2 N–H and O–H groups in total. The maximum Gasteiger partial charge on any atom is 0.347 e. The number of rotatable bonds is 6. The molecule has 0 aliphatic carbocycles. The van der Waals surface area contributed by atoms with E-state index < -0.39 is 23.6 Å². The highest BCUT2D eigenvalue weighted by Crippen LogP contribution is 2.04. The Kier molecular flexibility index (Phi) is 5.23. The lowest BCUT2D eigenvalue weighted by Gasteiger charge is -2.16. The van der Waals surface area contributed by atoms with E-state index in [0.29, 0.717) is 6.42 Å². The summed E-state index contributed by atoms with van der Waals surface area (Å²) in [6.45, 7) is 3.50. The number of carbonyl (C=O) groups is 2. The van der Waals surface area contributed by atoms with Crippen molar-refractivity contribution in [3.05, 3.63) is 28.9 Å². The molecule has 104 valence electrons. The molecule has 0 aliphatic rings. The summed E-state index contributed by atoms with van der Waals surface area (Å²) in [5.41, 5.74) is -0.548. The molecule has 0 radical (unpaired) electrons. The van der Waals surface area contributed by atoms with E-state index in [1.54, 1.807) is 0 Å². The summed E-state index contributed by atoms with van der Waals surface area (Å²) < 4.78 is 1.11. The second kappa shape index (κ2) is 6.67. The van der Waals surface area contributed by atoms with E-state index in [2.05, 4.69) is 10.3 Å².